The summed E-state index contributed by atoms with van der Waals surface area (Å²) >= 11 is 1.80. The van der Waals surface area contributed by atoms with E-state index >= 15 is 0 Å². The molecular formula is C27H39NO4S. The summed E-state index contributed by atoms with van der Waals surface area (Å²) in [5.41, 5.74) is 2.33. The minimum absolute atomic E-state index is 0.00727. The number of carbonyl (C=O) groups is 1. The second-order valence-electron chi connectivity index (χ2n) is 9.05. The summed E-state index contributed by atoms with van der Waals surface area (Å²) in [6, 6.07) is 15.9. The molecule has 2 aromatic rings. The third-order valence-corrected chi connectivity index (χ3v) is 6.43. The van der Waals surface area contributed by atoms with E-state index in [1.54, 1.807) is 36.0 Å². The van der Waals surface area contributed by atoms with Gasteiger partial charge in [0.2, 0.25) is 0 Å². The lowest BCUT2D eigenvalue weighted by molar-refractivity contribution is -0.00984. The van der Waals surface area contributed by atoms with E-state index in [1.165, 1.54) is 10.5 Å². The monoisotopic (exact) mass is 473 g/mol. The molecule has 0 bridgehead atoms. The quantitative estimate of drug-likeness (QED) is 0.410. The number of ether oxygens (including phenoxy) is 2. The highest BCUT2D eigenvalue weighted by molar-refractivity contribution is 7.98. The number of carbonyl (C=O) groups excluding carboxylic acids is 1. The van der Waals surface area contributed by atoms with Crippen LogP contribution in [0, 0.1) is 5.92 Å². The van der Waals surface area contributed by atoms with Crippen LogP contribution in [0.4, 0.5) is 0 Å². The highest BCUT2D eigenvalue weighted by atomic mass is 32.2. The molecule has 0 aromatic heterocycles. The molecule has 6 heteroatoms. The number of aliphatic hydroxyl groups excluding tert-OH is 1. The smallest absolute Gasteiger partial charge is 0.165 e. The first-order valence-electron chi connectivity index (χ1n) is 11.6. The standard InChI is InChI=1S/C15H23NOS.C12H16O3/c1-15(2,16-8-10-17-11-9-16)12-13-4-6-14(18-3)7-5-13;1-9(2)12(14)10-3-5-11(6-4-10)15-8-7-13/h4-7H,8-12H2,1-3H3;3-6,9,13H,7-8H2,1-2H3. The molecule has 1 heterocycles. The van der Waals surface area contributed by atoms with Gasteiger partial charge in [-0.25, -0.2) is 0 Å². The number of hydrogen-bond donors (Lipinski definition) is 1. The Bertz CT molecular complexity index is 828. The fourth-order valence-electron chi connectivity index (χ4n) is 3.74. The SMILES string of the molecule is CC(C)C(=O)c1ccc(OCCO)cc1.CSc1ccc(CC(C)(C)N2CCOCC2)cc1. The third kappa shape index (κ3) is 9.13. The Labute approximate surface area is 203 Å². The first kappa shape index (κ1) is 27.4. The van der Waals surface area contributed by atoms with Crippen molar-refractivity contribution in [3.05, 3.63) is 59.7 Å². The fraction of sp³-hybridized carbons (Fsp3) is 0.519. The van der Waals surface area contributed by atoms with Crippen LogP contribution in [0.1, 0.15) is 43.6 Å². The van der Waals surface area contributed by atoms with Crippen LogP contribution in [0.3, 0.4) is 0 Å². The zero-order valence-corrected chi connectivity index (χ0v) is 21.5. The van der Waals surface area contributed by atoms with Crippen molar-refractivity contribution in [3.63, 3.8) is 0 Å². The Kier molecular flexibility index (Phi) is 11.4. The molecule has 1 fully saturated rings. The van der Waals surface area contributed by atoms with Gasteiger partial charge in [-0.05, 0) is 68.5 Å². The molecule has 0 radical (unpaired) electrons. The maximum Gasteiger partial charge on any atom is 0.165 e. The van der Waals surface area contributed by atoms with Crippen LogP contribution in [0.2, 0.25) is 0 Å². The van der Waals surface area contributed by atoms with Crippen LogP contribution in [-0.2, 0) is 11.2 Å². The number of Topliss-reactive ketones (excluding diaryl/α,β-unsaturated/α-hetero) is 1. The van der Waals surface area contributed by atoms with E-state index in [0.29, 0.717) is 11.3 Å². The van der Waals surface area contributed by atoms with Gasteiger partial charge in [0, 0.05) is 35.0 Å². The van der Waals surface area contributed by atoms with E-state index < -0.39 is 0 Å². The Hall–Kier alpha value is -1.86. The molecule has 33 heavy (non-hydrogen) atoms. The minimum Gasteiger partial charge on any atom is -0.491 e. The van der Waals surface area contributed by atoms with Gasteiger partial charge in [0.05, 0.1) is 19.8 Å². The number of ketones is 1. The number of aliphatic hydroxyl groups is 1. The normalized spacial score (nSPS) is 14.5. The van der Waals surface area contributed by atoms with Gasteiger partial charge in [0.25, 0.3) is 0 Å². The highest BCUT2D eigenvalue weighted by Crippen LogP contribution is 2.23. The van der Waals surface area contributed by atoms with Crippen molar-refractivity contribution in [2.75, 3.05) is 45.8 Å². The maximum atomic E-state index is 11.6. The van der Waals surface area contributed by atoms with Gasteiger partial charge in [-0.3, -0.25) is 9.69 Å². The molecule has 1 N–H and O–H groups in total. The Balaban J connectivity index is 0.000000238. The van der Waals surface area contributed by atoms with Crippen molar-refractivity contribution in [3.8, 4) is 5.75 Å². The summed E-state index contributed by atoms with van der Waals surface area (Å²) in [6.45, 7) is 12.5. The number of rotatable bonds is 9. The topological polar surface area (TPSA) is 59.0 Å². The number of hydrogen-bond acceptors (Lipinski definition) is 6. The predicted molar refractivity (Wildman–Crippen MR) is 137 cm³/mol. The molecule has 5 nitrogen and oxygen atoms in total. The average Bonchev–Trinajstić information content (AvgIpc) is 2.84. The number of benzene rings is 2. The molecule has 0 saturated carbocycles. The van der Waals surface area contributed by atoms with Crippen molar-refractivity contribution in [2.24, 2.45) is 5.92 Å². The molecule has 0 unspecified atom stereocenters. The maximum absolute atomic E-state index is 11.6. The van der Waals surface area contributed by atoms with E-state index in [1.807, 2.05) is 13.8 Å². The Morgan fingerprint density at radius 1 is 1.09 bits per heavy atom. The molecule has 0 atom stereocenters. The van der Waals surface area contributed by atoms with E-state index in [9.17, 15) is 4.79 Å². The summed E-state index contributed by atoms with van der Waals surface area (Å²) in [7, 11) is 0. The van der Waals surface area contributed by atoms with Crippen molar-refractivity contribution in [2.45, 2.75) is 44.6 Å². The first-order valence-corrected chi connectivity index (χ1v) is 12.8. The largest absolute Gasteiger partial charge is 0.491 e. The van der Waals surface area contributed by atoms with Crippen molar-refractivity contribution in [1.29, 1.82) is 0 Å². The van der Waals surface area contributed by atoms with Crippen molar-refractivity contribution in [1.82, 2.24) is 4.90 Å². The van der Waals surface area contributed by atoms with Crippen LogP contribution >= 0.6 is 11.8 Å². The molecule has 1 aliphatic rings. The molecule has 0 spiro atoms. The van der Waals surface area contributed by atoms with E-state index in [4.69, 9.17) is 14.6 Å². The predicted octanol–water partition coefficient (Wildman–Crippen LogP) is 4.96. The van der Waals surface area contributed by atoms with Crippen LogP contribution in [0.5, 0.6) is 5.75 Å². The number of nitrogens with zero attached hydrogens (tertiary/aromatic N) is 1. The average molecular weight is 474 g/mol. The third-order valence-electron chi connectivity index (χ3n) is 5.69. The molecule has 1 aliphatic heterocycles. The molecule has 1 saturated heterocycles. The first-order chi connectivity index (χ1) is 15.8. The summed E-state index contributed by atoms with van der Waals surface area (Å²) in [5.74, 6) is 0.808. The van der Waals surface area contributed by atoms with Gasteiger partial charge in [-0.2, -0.15) is 0 Å². The minimum atomic E-state index is -0.00727. The van der Waals surface area contributed by atoms with Gasteiger partial charge in [-0.15, -0.1) is 11.8 Å². The van der Waals surface area contributed by atoms with Gasteiger partial charge < -0.3 is 14.6 Å². The van der Waals surface area contributed by atoms with Crippen molar-refractivity contribution < 1.29 is 19.4 Å². The van der Waals surface area contributed by atoms with Gasteiger partial charge in [0.1, 0.15) is 12.4 Å². The van der Waals surface area contributed by atoms with E-state index in [-0.39, 0.29) is 30.5 Å². The molecular weight excluding hydrogens is 434 g/mol. The van der Waals surface area contributed by atoms with E-state index in [2.05, 4.69) is 49.3 Å². The van der Waals surface area contributed by atoms with Gasteiger partial charge >= 0.3 is 0 Å². The molecule has 3 rings (SSSR count). The lowest BCUT2D eigenvalue weighted by Crippen LogP contribution is -2.51. The van der Waals surface area contributed by atoms with Crippen LogP contribution in [0.25, 0.3) is 0 Å². The summed E-state index contributed by atoms with van der Waals surface area (Å²) < 4.78 is 10.6. The lowest BCUT2D eigenvalue weighted by Gasteiger charge is -2.41. The summed E-state index contributed by atoms with van der Waals surface area (Å²) in [4.78, 5) is 15.5. The summed E-state index contributed by atoms with van der Waals surface area (Å²) in [5, 5.41) is 8.56. The van der Waals surface area contributed by atoms with Gasteiger partial charge in [0.15, 0.2) is 5.78 Å². The van der Waals surface area contributed by atoms with Crippen LogP contribution in [-0.4, -0.2) is 67.1 Å². The Morgan fingerprint density at radius 2 is 1.70 bits per heavy atom. The fourth-order valence-corrected chi connectivity index (χ4v) is 4.14. The lowest BCUT2D eigenvalue weighted by atomic mass is 9.92. The second kappa shape index (κ2) is 13.8. The van der Waals surface area contributed by atoms with Crippen LogP contribution < -0.4 is 4.74 Å². The van der Waals surface area contributed by atoms with Crippen molar-refractivity contribution >= 4 is 17.5 Å². The molecule has 182 valence electrons. The molecule has 2 aromatic carbocycles. The zero-order valence-electron chi connectivity index (χ0n) is 20.7. The van der Waals surface area contributed by atoms with E-state index in [0.717, 1.165) is 32.7 Å². The number of thioether (sulfide) groups is 1. The number of morpholine rings is 1. The Morgan fingerprint density at radius 3 is 2.21 bits per heavy atom. The molecule has 0 amide bonds. The zero-order chi connectivity index (χ0) is 24.3. The summed E-state index contributed by atoms with van der Waals surface area (Å²) in [6.07, 6.45) is 3.22. The highest BCUT2D eigenvalue weighted by Gasteiger charge is 2.28. The van der Waals surface area contributed by atoms with Gasteiger partial charge in [-0.1, -0.05) is 26.0 Å². The molecule has 0 aliphatic carbocycles. The second-order valence-corrected chi connectivity index (χ2v) is 9.93. The van der Waals surface area contributed by atoms with Crippen LogP contribution in [0.15, 0.2) is 53.4 Å².